The number of halogens is 1. The predicted molar refractivity (Wildman–Crippen MR) is 89.0 cm³/mol. The van der Waals surface area contributed by atoms with Gasteiger partial charge in [-0.15, -0.1) is 0 Å². The van der Waals surface area contributed by atoms with Crippen LogP contribution in [0.4, 0.5) is 5.69 Å². The fourth-order valence-electron chi connectivity index (χ4n) is 3.01. The molecular weight excluding hydrogens is 356 g/mol. The Kier molecular flexibility index (Phi) is 5.48. The van der Waals surface area contributed by atoms with Crippen LogP contribution in [0.5, 0.6) is 0 Å². The molecular formula is C14H19BrN2O3S. The molecule has 2 rings (SSSR count). The summed E-state index contributed by atoms with van der Waals surface area (Å²) in [5.74, 6) is 0.694. The molecule has 1 heterocycles. The van der Waals surface area contributed by atoms with E-state index in [9.17, 15) is 14.9 Å². The van der Waals surface area contributed by atoms with Gasteiger partial charge in [-0.2, -0.15) is 12.6 Å². The summed E-state index contributed by atoms with van der Waals surface area (Å²) in [5, 5.41) is 11.0. The average molecular weight is 375 g/mol. The van der Waals surface area contributed by atoms with Crippen molar-refractivity contribution in [2.45, 2.75) is 45.1 Å². The van der Waals surface area contributed by atoms with Crippen molar-refractivity contribution in [3.05, 3.63) is 37.2 Å². The minimum absolute atomic E-state index is 0.0436. The first kappa shape index (κ1) is 16.5. The van der Waals surface area contributed by atoms with Crippen LogP contribution in [0.2, 0.25) is 0 Å². The first-order valence-corrected chi connectivity index (χ1v) is 8.55. The Morgan fingerprint density at radius 1 is 1.33 bits per heavy atom. The summed E-state index contributed by atoms with van der Waals surface area (Å²) in [7, 11) is 0. The zero-order valence-electron chi connectivity index (χ0n) is 11.8. The Bertz CT molecular complexity index is 580. The fourth-order valence-corrected chi connectivity index (χ4v) is 3.89. The Hall–Kier alpha value is -0.820. The van der Waals surface area contributed by atoms with E-state index in [4.69, 9.17) is 0 Å². The topological polar surface area (TPSA) is 65.1 Å². The van der Waals surface area contributed by atoms with E-state index in [1.165, 1.54) is 29.7 Å². The molecule has 0 bridgehead atoms. The molecule has 1 aromatic rings. The number of nitrogens with zero attached hydrogens (tertiary/aromatic N) is 2. The van der Waals surface area contributed by atoms with Gasteiger partial charge in [0.2, 0.25) is 0 Å². The van der Waals surface area contributed by atoms with Gasteiger partial charge < -0.3 is 4.57 Å². The van der Waals surface area contributed by atoms with Crippen LogP contribution in [-0.4, -0.2) is 15.2 Å². The molecule has 0 radical (unpaired) electrons. The number of rotatable bonds is 4. The average Bonchev–Trinajstić information content (AvgIpc) is 2.69. The van der Waals surface area contributed by atoms with Crippen LogP contribution in [0.3, 0.4) is 0 Å². The minimum Gasteiger partial charge on any atom is -0.307 e. The van der Waals surface area contributed by atoms with Gasteiger partial charge in [0.05, 0.1) is 15.6 Å². The largest absolute Gasteiger partial charge is 0.307 e. The quantitative estimate of drug-likeness (QED) is 0.377. The zero-order valence-corrected chi connectivity index (χ0v) is 14.2. The van der Waals surface area contributed by atoms with E-state index in [0.29, 0.717) is 12.3 Å². The Morgan fingerprint density at radius 3 is 2.48 bits per heavy atom. The lowest BCUT2D eigenvalue weighted by Crippen LogP contribution is -2.34. The van der Waals surface area contributed by atoms with Gasteiger partial charge in [-0.1, -0.05) is 25.7 Å². The summed E-state index contributed by atoms with van der Waals surface area (Å²) in [6, 6.07) is 1.26. The summed E-state index contributed by atoms with van der Waals surface area (Å²) in [6.07, 6.45) is 8.07. The van der Waals surface area contributed by atoms with E-state index in [1.807, 2.05) is 0 Å². The third-order valence-corrected chi connectivity index (χ3v) is 5.48. The van der Waals surface area contributed by atoms with Crippen LogP contribution >= 0.6 is 28.6 Å². The van der Waals surface area contributed by atoms with E-state index in [-0.39, 0.29) is 21.1 Å². The van der Waals surface area contributed by atoms with Crippen molar-refractivity contribution in [3.8, 4) is 0 Å². The molecule has 5 nitrogen and oxygen atoms in total. The number of aromatic nitrogens is 1. The standard InChI is InChI=1S/C14H19BrN2O3S/c15-12-7-11(17(19)20)8-16(13(12)18)9-14(10-21)5-3-1-2-4-6-14/h7-8,21H,1-6,9-10H2. The molecule has 1 aromatic heterocycles. The molecule has 0 atom stereocenters. The van der Waals surface area contributed by atoms with E-state index >= 15 is 0 Å². The van der Waals surface area contributed by atoms with E-state index < -0.39 is 4.92 Å². The minimum atomic E-state index is -0.471. The molecule has 116 valence electrons. The molecule has 0 spiro atoms. The lowest BCUT2D eigenvalue weighted by molar-refractivity contribution is -0.385. The molecule has 0 N–H and O–H groups in total. The summed E-state index contributed by atoms with van der Waals surface area (Å²) in [5.41, 5.74) is -0.326. The number of hydrogen-bond donors (Lipinski definition) is 1. The highest BCUT2D eigenvalue weighted by Gasteiger charge is 2.31. The van der Waals surface area contributed by atoms with E-state index in [0.717, 1.165) is 25.7 Å². The van der Waals surface area contributed by atoms with Gasteiger partial charge in [-0.25, -0.2) is 0 Å². The first-order chi connectivity index (χ1) is 9.97. The summed E-state index contributed by atoms with van der Waals surface area (Å²) < 4.78 is 1.71. The van der Waals surface area contributed by atoms with Gasteiger partial charge >= 0.3 is 0 Å². The van der Waals surface area contributed by atoms with E-state index in [1.54, 1.807) is 0 Å². The number of nitro groups is 1. The van der Waals surface area contributed by atoms with Gasteiger partial charge in [-0.3, -0.25) is 14.9 Å². The van der Waals surface area contributed by atoms with Crippen LogP contribution in [-0.2, 0) is 6.54 Å². The van der Waals surface area contributed by atoms with Crippen LogP contribution in [0.15, 0.2) is 21.5 Å². The number of thiol groups is 1. The molecule has 0 amide bonds. The summed E-state index contributed by atoms with van der Waals surface area (Å²) >= 11 is 7.62. The van der Waals surface area contributed by atoms with Crippen molar-refractivity contribution in [1.82, 2.24) is 4.57 Å². The SMILES string of the molecule is O=c1c(Br)cc([N+](=O)[O-])cn1CC1(CS)CCCCCC1. The lowest BCUT2D eigenvalue weighted by Gasteiger charge is -2.31. The van der Waals surface area contributed by atoms with Crippen molar-refractivity contribution >= 4 is 34.2 Å². The Morgan fingerprint density at radius 2 is 1.95 bits per heavy atom. The van der Waals surface area contributed by atoms with Gasteiger partial charge in [-0.05, 0) is 39.9 Å². The monoisotopic (exact) mass is 374 g/mol. The molecule has 1 saturated carbocycles. The third kappa shape index (κ3) is 3.88. The van der Waals surface area contributed by atoms with Crippen molar-refractivity contribution in [1.29, 1.82) is 0 Å². The first-order valence-electron chi connectivity index (χ1n) is 7.13. The Labute approximate surface area is 137 Å². The smallest absolute Gasteiger partial charge is 0.286 e. The molecule has 0 saturated heterocycles. The van der Waals surface area contributed by atoms with Crippen LogP contribution in [0, 0.1) is 15.5 Å². The molecule has 21 heavy (non-hydrogen) atoms. The summed E-state index contributed by atoms with van der Waals surface area (Å²) in [6.45, 7) is 0.496. The number of pyridine rings is 1. The van der Waals surface area contributed by atoms with Crippen molar-refractivity contribution in [2.24, 2.45) is 5.41 Å². The maximum absolute atomic E-state index is 12.2. The van der Waals surface area contributed by atoms with Crippen molar-refractivity contribution in [3.63, 3.8) is 0 Å². The highest BCUT2D eigenvalue weighted by Crippen LogP contribution is 2.37. The van der Waals surface area contributed by atoms with Crippen molar-refractivity contribution in [2.75, 3.05) is 5.75 Å². The molecule has 0 aromatic carbocycles. The molecule has 7 heteroatoms. The molecule has 0 unspecified atom stereocenters. The number of hydrogen-bond acceptors (Lipinski definition) is 4. The molecule has 1 aliphatic rings. The normalized spacial score (nSPS) is 18.2. The van der Waals surface area contributed by atoms with Crippen LogP contribution in [0.1, 0.15) is 38.5 Å². The highest BCUT2D eigenvalue weighted by atomic mass is 79.9. The molecule has 1 aliphatic carbocycles. The van der Waals surface area contributed by atoms with Gasteiger partial charge in [0.15, 0.2) is 0 Å². The van der Waals surface area contributed by atoms with Crippen LogP contribution < -0.4 is 5.56 Å². The Balaban J connectivity index is 2.36. The maximum atomic E-state index is 12.2. The van der Waals surface area contributed by atoms with Crippen LogP contribution in [0.25, 0.3) is 0 Å². The van der Waals surface area contributed by atoms with Gasteiger partial charge in [0.25, 0.3) is 11.2 Å². The second-order valence-electron chi connectivity index (χ2n) is 5.81. The maximum Gasteiger partial charge on any atom is 0.286 e. The zero-order chi connectivity index (χ0) is 15.5. The van der Waals surface area contributed by atoms with Crippen molar-refractivity contribution < 1.29 is 4.92 Å². The molecule has 1 fully saturated rings. The predicted octanol–water partition coefficient (Wildman–Crippen LogP) is 3.79. The third-order valence-electron chi connectivity index (χ3n) is 4.24. The van der Waals surface area contributed by atoms with Gasteiger partial charge in [0.1, 0.15) is 0 Å². The van der Waals surface area contributed by atoms with E-state index in [2.05, 4.69) is 28.6 Å². The lowest BCUT2D eigenvalue weighted by atomic mass is 9.82. The van der Waals surface area contributed by atoms with Gasteiger partial charge in [0, 0.05) is 12.6 Å². The fraction of sp³-hybridized carbons (Fsp3) is 0.643. The highest BCUT2D eigenvalue weighted by molar-refractivity contribution is 9.10. The second-order valence-corrected chi connectivity index (χ2v) is 6.98. The summed E-state index contributed by atoms with van der Waals surface area (Å²) in [4.78, 5) is 22.7. The molecule has 0 aliphatic heterocycles. The second kappa shape index (κ2) is 6.96.